The largest absolute Gasteiger partial charge is 0.493 e. The van der Waals surface area contributed by atoms with Crippen LogP contribution in [0.25, 0.3) is 6.08 Å². The van der Waals surface area contributed by atoms with Crippen LogP contribution < -0.4 is 14.2 Å². The quantitative estimate of drug-likeness (QED) is 0.705. The maximum absolute atomic E-state index is 12.5. The fourth-order valence-corrected chi connectivity index (χ4v) is 3.72. The Balaban J connectivity index is 1.88. The van der Waals surface area contributed by atoms with Gasteiger partial charge in [0.2, 0.25) is 0 Å². The van der Waals surface area contributed by atoms with Crippen LogP contribution in [0.2, 0.25) is 0 Å². The number of methoxy groups -OCH3 is 1. The molecule has 0 aliphatic carbocycles. The van der Waals surface area contributed by atoms with Gasteiger partial charge in [-0.1, -0.05) is 23.8 Å². The molecule has 3 rings (SSSR count). The van der Waals surface area contributed by atoms with Gasteiger partial charge in [0.05, 0.1) is 12.8 Å². The van der Waals surface area contributed by atoms with Crippen LogP contribution in [0.1, 0.15) is 18.1 Å². The molecule has 2 aromatic rings. The van der Waals surface area contributed by atoms with Crippen LogP contribution in [0.15, 0.2) is 53.1 Å². The Morgan fingerprint density at radius 2 is 1.83 bits per heavy atom. The highest BCUT2D eigenvalue weighted by atomic mass is 32.2. The first-order valence-electron chi connectivity index (χ1n) is 8.83. The zero-order valence-electron chi connectivity index (χ0n) is 16.2. The number of amides is 2. The lowest BCUT2D eigenvalue weighted by molar-refractivity contribution is 0.230. The minimum Gasteiger partial charge on any atom is -0.493 e. The van der Waals surface area contributed by atoms with Gasteiger partial charge in [-0.05, 0) is 49.8 Å². The SMILES string of the molecule is CCN1C(=N)C(=Cc2ccc(OS(=O)(=O)c3ccc(C)cc3)c(OC)c2)NC1=O. The van der Waals surface area contributed by atoms with E-state index in [-0.39, 0.29) is 28.3 Å². The van der Waals surface area contributed by atoms with Gasteiger partial charge in [-0.15, -0.1) is 0 Å². The summed E-state index contributed by atoms with van der Waals surface area (Å²) in [6, 6.07) is 10.6. The van der Waals surface area contributed by atoms with E-state index in [1.54, 1.807) is 37.3 Å². The van der Waals surface area contributed by atoms with Gasteiger partial charge in [0.15, 0.2) is 17.3 Å². The Kier molecular flexibility index (Phi) is 5.60. The van der Waals surface area contributed by atoms with Gasteiger partial charge >= 0.3 is 16.1 Å². The minimum absolute atomic E-state index is 0.0379. The molecule has 0 bridgehead atoms. The Labute approximate surface area is 169 Å². The van der Waals surface area contributed by atoms with Crippen LogP contribution in [0, 0.1) is 12.3 Å². The molecule has 0 saturated carbocycles. The molecule has 1 aliphatic rings. The predicted octanol–water partition coefficient (Wildman–Crippen LogP) is 3.13. The normalized spacial score (nSPS) is 15.6. The molecule has 29 heavy (non-hydrogen) atoms. The lowest BCUT2D eigenvalue weighted by Crippen LogP contribution is -2.29. The molecule has 2 amide bonds. The molecule has 0 spiro atoms. The summed E-state index contributed by atoms with van der Waals surface area (Å²) in [7, 11) is -2.62. The molecule has 1 fully saturated rings. The lowest BCUT2D eigenvalue weighted by atomic mass is 10.1. The molecule has 0 aromatic heterocycles. The molecule has 1 aliphatic heterocycles. The first-order chi connectivity index (χ1) is 13.7. The number of aryl methyl sites for hydroxylation is 1. The van der Waals surface area contributed by atoms with Gasteiger partial charge in [-0.2, -0.15) is 8.42 Å². The van der Waals surface area contributed by atoms with E-state index in [1.807, 2.05) is 6.92 Å². The summed E-state index contributed by atoms with van der Waals surface area (Å²) in [4.78, 5) is 13.2. The number of urea groups is 1. The number of rotatable bonds is 6. The summed E-state index contributed by atoms with van der Waals surface area (Å²) in [5, 5.41) is 10.7. The number of hydrogen-bond acceptors (Lipinski definition) is 6. The average molecular weight is 415 g/mol. The highest BCUT2D eigenvalue weighted by Gasteiger charge is 2.28. The first kappa shape index (κ1) is 20.4. The second-order valence-electron chi connectivity index (χ2n) is 6.34. The maximum Gasteiger partial charge on any atom is 0.339 e. The number of ether oxygens (including phenoxy) is 1. The van der Waals surface area contributed by atoms with Gasteiger partial charge in [0, 0.05) is 6.54 Å². The summed E-state index contributed by atoms with van der Waals surface area (Å²) >= 11 is 0. The Morgan fingerprint density at radius 1 is 1.14 bits per heavy atom. The van der Waals surface area contributed by atoms with Gasteiger partial charge < -0.3 is 14.2 Å². The second kappa shape index (κ2) is 7.96. The number of likely N-dealkylation sites (N-methyl/N-ethyl adjacent to an activating group) is 1. The fourth-order valence-electron chi connectivity index (χ4n) is 2.78. The standard InChI is InChI=1S/C20H21N3O5S/c1-4-23-19(21)16(22-20(23)24)11-14-7-10-17(18(12-14)27-3)28-29(25,26)15-8-5-13(2)6-9-15/h5-12,21H,4H2,1-3H3,(H,22,24). The van der Waals surface area contributed by atoms with Gasteiger partial charge in [0.1, 0.15) is 4.90 Å². The summed E-state index contributed by atoms with van der Waals surface area (Å²) in [5.41, 5.74) is 1.89. The van der Waals surface area contributed by atoms with E-state index in [9.17, 15) is 13.2 Å². The van der Waals surface area contributed by atoms with Crippen molar-refractivity contribution in [2.45, 2.75) is 18.7 Å². The maximum atomic E-state index is 12.5. The Bertz CT molecular complexity index is 1090. The molecule has 9 heteroatoms. The molecule has 1 saturated heterocycles. The number of benzene rings is 2. The second-order valence-corrected chi connectivity index (χ2v) is 7.89. The topological polar surface area (TPSA) is 109 Å². The zero-order valence-corrected chi connectivity index (χ0v) is 17.0. The number of carbonyl (C=O) groups excluding carboxylic acids is 1. The van der Waals surface area contributed by atoms with Crippen molar-refractivity contribution >= 4 is 28.1 Å². The molecule has 8 nitrogen and oxygen atoms in total. The van der Waals surface area contributed by atoms with Crippen LogP contribution in [0.5, 0.6) is 11.5 Å². The molecule has 2 N–H and O–H groups in total. The van der Waals surface area contributed by atoms with E-state index in [1.165, 1.54) is 30.2 Å². The third kappa shape index (κ3) is 4.24. The van der Waals surface area contributed by atoms with Crippen molar-refractivity contribution in [1.29, 1.82) is 5.41 Å². The van der Waals surface area contributed by atoms with E-state index >= 15 is 0 Å². The van der Waals surface area contributed by atoms with Gasteiger partial charge in [-0.3, -0.25) is 10.3 Å². The highest BCUT2D eigenvalue weighted by molar-refractivity contribution is 7.87. The summed E-state index contributed by atoms with van der Waals surface area (Å²) in [6.07, 6.45) is 1.61. The molecular formula is C20H21N3O5S. The van der Waals surface area contributed by atoms with E-state index in [0.717, 1.165) is 5.56 Å². The molecular weight excluding hydrogens is 394 g/mol. The zero-order chi connectivity index (χ0) is 21.2. The highest BCUT2D eigenvalue weighted by Crippen LogP contribution is 2.31. The number of nitrogens with zero attached hydrogens (tertiary/aromatic N) is 1. The van der Waals surface area contributed by atoms with Crippen molar-refractivity contribution in [3.63, 3.8) is 0 Å². The number of amidine groups is 1. The van der Waals surface area contributed by atoms with Gasteiger partial charge in [0.25, 0.3) is 0 Å². The van der Waals surface area contributed by atoms with E-state index in [2.05, 4.69) is 5.32 Å². The average Bonchev–Trinajstić information content (AvgIpc) is 2.95. The molecule has 0 atom stereocenters. The molecule has 152 valence electrons. The van der Waals surface area contributed by atoms with Crippen molar-refractivity contribution in [1.82, 2.24) is 10.2 Å². The minimum atomic E-state index is -4.02. The van der Waals surface area contributed by atoms with Gasteiger partial charge in [-0.25, -0.2) is 4.79 Å². The molecule has 2 aromatic carbocycles. The van der Waals surface area contributed by atoms with E-state index in [0.29, 0.717) is 17.8 Å². The monoisotopic (exact) mass is 415 g/mol. The number of carbonyl (C=O) groups is 1. The summed E-state index contributed by atoms with van der Waals surface area (Å²) in [6.45, 7) is 4.02. The van der Waals surface area contributed by atoms with E-state index in [4.69, 9.17) is 14.3 Å². The first-order valence-corrected chi connectivity index (χ1v) is 10.2. The number of hydrogen-bond donors (Lipinski definition) is 2. The lowest BCUT2D eigenvalue weighted by Gasteiger charge is -2.12. The van der Waals surface area contributed by atoms with Crippen molar-refractivity contribution in [2.75, 3.05) is 13.7 Å². The van der Waals surface area contributed by atoms with Crippen molar-refractivity contribution in [3.8, 4) is 11.5 Å². The summed E-state index contributed by atoms with van der Waals surface area (Å²) in [5.74, 6) is 0.313. The number of nitrogens with one attached hydrogen (secondary N) is 2. The molecule has 0 unspecified atom stereocenters. The molecule has 0 radical (unpaired) electrons. The predicted molar refractivity (Wildman–Crippen MR) is 109 cm³/mol. The van der Waals surface area contributed by atoms with E-state index < -0.39 is 10.1 Å². The Hall–Kier alpha value is -3.33. The van der Waals surface area contributed by atoms with Crippen LogP contribution in [-0.4, -0.2) is 38.8 Å². The van der Waals surface area contributed by atoms with Crippen LogP contribution in [0.3, 0.4) is 0 Å². The fraction of sp³-hybridized carbons (Fsp3) is 0.200. The smallest absolute Gasteiger partial charge is 0.339 e. The van der Waals surface area contributed by atoms with Crippen molar-refractivity contribution in [2.24, 2.45) is 0 Å². The van der Waals surface area contributed by atoms with Crippen molar-refractivity contribution in [3.05, 3.63) is 59.3 Å². The summed E-state index contributed by atoms with van der Waals surface area (Å²) < 4.78 is 35.6. The Morgan fingerprint density at radius 3 is 2.41 bits per heavy atom. The van der Waals surface area contributed by atoms with Crippen LogP contribution >= 0.6 is 0 Å². The van der Waals surface area contributed by atoms with Crippen molar-refractivity contribution < 1.29 is 22.1 Å². The van der Waals surface area contributed by atoms with Crippen LogP contribution in [-0.2, 0) is 10.1 Å². The third-order valence-corrected chi connectivity index (χ3v) is 5.58. The molecule has 1 heterocycles. The van der Waals surface area contributed by atoms with Crippen LogP contribution in [0.4, 0.5) is 4.79 Å². The third-order valence-electron chi connectivity index (χ3n) is 4.34.